The molecule has 1 aliphatic carbocycles. The fourth-order valence-electron chi connectivity index (χ4n) is 3.02. The lowest BCUT2D eigenvalue weighted by molar-refractivity contribution is -0.0338. The zero-order chi connectivity index (χ0) is 13.2. The molecule has 1 fully saturated rings. The van der Waals surface area contributed by atoms with E-state index in [2.05, 4.69) is 9.88 Å². The maximum atomic E-state index is 13.2. The summed E-state index contributed by atoms with van der Waals surface area (Å²) in [5, 5.41) is 10.6. The Labute approximate surface area is 108 Å². The first-order valence-electron chi connectivity index (χ1n) is 6.52. The Kier molecular flexibility index (Phi) is 3.97. The lowest BCUT2D eigenvalue weighted by Crippen LogP contribution is -2.50. The van der Waals surface area contributed by atoms with Crippen LogP contribution in [0.1, 0.15) is 43.8 Å². The molecule has 0 radical (unpaired) electrons. The van der Waals surface area contributed by atoms with E-state index in [0.29, 0.717) is 5.56 Å². The van der Waals surface area contributed by atoms with Gasteiger partial charge in [-0.15, -0.1) is 0 Å². The van der Waals surface area contributed by atoms with Crippen LogP contribution in [0.4, 0.5) is 4.39 Å². The standard InChI is InChI=1S/C14H21FN2O/c1-17(2)14(6-4-3-5-7-14)13(18)11-8-12(15)10-16-9-11/h8-10,13,18H,3-7H2,1-2H3. The molecule has 0 bridgehead atoms. The Balaban J connectivity index is 2.31. The molecular formula is C14H21FN2O. The summed E-state index contributed by atoms with van der Waals surface area (Å²) in [6.07, 6.45) is 7.36. The zero-order valence-electron chi connectivity index (χ0n) is 11.1. The topological polar surface area (TPSA) is 36.4 Å². The minimum Gasteiger partial charge on any atom is -0.386 e. The van der Waals surface area contributed by atoms with E-state index in [9.17, 15) is 9.50 Å². The summed E-state index contributed by atoms with van der Waals surface area (Å²) in [6.45, 7) is 0. The van der Waals surface area contributed by atoms with Crippen LogP contribution in [0.5, 0.6) is 0 Å². The van der Waals surface area contributed by atoms with Crippen molar-refractivity contribution in [2.45, 2.75) is 43.7 Å². The molecule has 0 spiro atoms. The second-order valence-corrected chi connectivity index (χ2v) is 5.40. The van der Waals surface area contributed by atoms with Crippen LogP contribution in [0.2, 0.25) is 0 Å². The molecule has 0 aliphatic heterocycles. The van der Waals surface area contributed by atoms with Crippen molar-refractivity contribution in [3.8, 4) is 0 Å². The van der Waals surface area contributed by atoms with E-state index in [1.807, 2.05) is 14.1 Å². The number of aromatic nitrogens is 1. The number of likely N-dealkylation sites (N-methyl/N-ethyl adjacent to an activating group) is 1. The summed E-state index contributed by atoms with van der Waals surface area (Å²) >= 11 is 0. The van der Waals surface area contributed by atoms with Crippen molar-refractivity contribution in [1.29, 1.82) is 0 Å². The molecule has 18 heavy (non-hydrogen) atoms. The monoisotopic (exact) mass is 252 g/mol. The Morgan fingerprint density at radius 2 is 1.94 bits per heavy atom. The molecule has 1 heterocycles. The number of aliphatic hydroxyl groups is 1. The predicted octanol–water partition coefficient (Wildman–Crippen LogP) is 2.52. The third kappa shape index (κ3) is 2.40. The molecule has 1 N–H and O–H groups in total. The van der Waals surface area contributed by atoms with Gasteiger partial charge < -0.3 is 10.0 Å². The Bertz CT molecular complexity index is 403. The maximum Gasteiger partial charge on any atom is 0.141 e. The van der Waals surface area contributed by atoms with Crippen LogP contribution in [0.25, 0.3) is 0 Å². The van der Waals surface area contributed by atoms with Crippen molar-refractivity contribution in [1.82, 2.24) is 9.88 Å². The van der Waals surface area contributed by atoms with Gasteiger partial charge in [0.1, 0.15) is 5.82 Å². The van der Waals surface area contributed by atoms with Crippen molar-refractivity contribution in [3.05, 3.63) is 29.8 Å². The molecule has 1 aliphatic rings. The van der Waals surface area contributed by atoms with Gasteiger partial charge >= 0.3 is 0 Å². The lowest BCUT2D eigenvalue weighted by Gasteiger charge is -2.46. The van der Waals surface area contributed by atoms with Crippen LogP contribution < -0.4 is 0 Å². The van der Waals surface area contributed by atoms with Crippen molar-refractivity contribution in [2.24, 2.45) is 0 Å². The largest absolute Gasteiger partial charge is 0.386 e. The first kappa shape index (κ1) is 13.4. The number of hydrogen-bond acceptors (Lipinski definition) is 3. The SMILES string of the molecule is CN(C)C1(C(O)c2cncc(F)c2)CCCCC1. The second-order valence-electron chi connectivity index (χ2n) is 5.40. The number of aliphatic hydroxyl groups excluding tert-OH is 1. The highest BCUT2D eigenvalue weighted by Crippen LogP contribution is 2.41. The third-order valence-corrected chi connectivity index (χ3v) is 4.16. The number of nitrogens with zero attached hydrogens (tertiary/aromatic N) is 2. The molecule has 100 valence electrons. The van der Waals surface area contributed by atoms with Gasteiger partial charge in [0.2, 0.25) is 0 Å². The Morgan fingerprint density at radius 3 is 2.50 bits per heavy atom. The zero-order valence-corrected chi connectivity index (χ0v) is 11.1. The Hall–Kier alpha value is -1.00. The van der Waals surface area contributed by atoms with Crippen molar-refractivity contribution in [2.75, 3.05) is 14.1 Å². The van der Waals surface area contributed by atoms with E-state index in [4.69, 9.17) is 0 Å². The average molecular weight is 252 g/mol. The van der Waals surface area contributed by atoms with E-state index < -0.39 is 11.9 Å². The predicted molar refractivity (Wildman–Crippen MR) is 68.7 cm³/mol. The van der Waals surface area contributed by atoms with Gasteiger partial charge in [-0.2, -0.15) is 0 Å². The second kappa shape index (κ2) is 5.33. The third-order valence-electron chi connectivity index (χ3n) is 4.16. The number of halogens is 1. The number of hydrogen-bond donors (Lipinski definition) is 1. The minimum absolute atomic E-state index is 0.284. The Morgan fingerprint density at radius 1 is 1.28 bits per heavy atom. The first-order chi connectivity index (χ1) is 8.56. The fraction of sp³-hybridized carbons (Fsp3) is 0.643. The van der Waals surface area contributed by atoms with E-state index in [0.717, 1.165) is 25.7 Å². The highest BCUT2D eigenvalue weighted by molar-refractivity contribution is 5.19. The van der Waals surface area contributed by atoms with Gasteiger partial charge in [0.05, 0.1) is 17.8 Å². The maximum absolute atomic E-state index is 13.2. The smallest absolute Gasteiger partial charge is 0.141 e. The van der Waals surface area contributed by atoms with Gasteiger partial charge in [-0.25, -0.2) is 4.39 Å². The summed E-state index contributed by atoms with van der Waals surface area (Å²) in [4.78, 5) is 5.92. The summed E-state index contributed by atoms with van der Waals surface area (Å²) in [7, 11) is 3.97. The normalized spacial score (nSPS) is 20.9. The highest BCUT2D eigenvalue weighted by atomic mass is 19.1. The molecule has 1 atom stereocenters. The molecule has 2 rings (SSSR count). The van der Waals surface area contributed by atoms with E-state index in [-0.39, 0.29) is 5.54 Å². The van der Waals surface area contributed by atoms with Crippen LogP contribution in [0, 0.1) is 5.82 Å². The first-order valence-corrected chi connectivity index (χ1v) is 6.52. The molecule has 1 saturated carbocycles. The molecule has 4 heteroatoms. The summed E-state index contributed by atoms with van der Waals surface area (Å²) < 4.78 is 13.2. The number of rotatable bonds is 3. The minimum atomic E-state index is -0.684. The quantitative estimate of drug-likeness (QED) is 0.898. The van der Waals surface area contributed by atoms with Gasteiger partial charge in [0, 0.05) is 11.8 Å². The molecule has 0 aromatic carbocycles. The van der Waals surface area contributed by atoms with E-state index >= 15 is 0 Å². The lowest BCUT2D eigenvalue weighted by atomic mass is 9.75. The average Bonchev–Trinajstić information content (AvgIpc) is 2.38. The number of pyridine rings is 1. The molecule has 1 aromatic heterocycles. The molecule has 3 nitrogen and oxygen atoms in total. The summed E-state index contributed by atoms with van der Waals surface area (Å²) in [5.74, 6) is -0.392. The van der Waals surface area contributed by atoms with Gasteiger partial charge in [-0.3, -0.25) is 4.98 Å². The van der Waals surface area contributed by atoms with Crippen molar-refractivity contribution in [3.63, 3.8) is 0 Å². The van der Waals surface area contributed by atoms with Crippen LogP contribution in [0.15, 0.2) is 18.5 Å². The molecule has 0 amide bonds. The fourth-order valence-corrected chi connectivity index (χ4v) is 3.02. The van der Waals surface area contributed by atoms with E-state index in [1.165, 1.54) is 18.7 Å². The van der Waals surface area contributed by atoms with Gasteiger partial charge in [-0.05, 0) is 33.0 Å². The summed E-state index contributed by atoms with van der Waals surface area (Å²) in [5.41, 5.74) is 0.291. The summed E-state index contributed by atoms with van der Waals surface area (Å²) in [6, 6.07) is 1.39. The molecule has 1 unspecified atom stereocenters. The molecule has 0 saturated heterocycles. The van der Waals surface area contributed by atoms with Crippen molar-refractivity contribution < 1.29 is 9.50 Å². The highest BCUT2D eigenvalue weighted by Gasteiger charge is 2.41. The molecular weight excluding hydrogens is 231 g/mol. The van der Waals surface area contributed by atoms with Crippen molar-refractivity contribution >= 4 is 0 Å². The van der Waals surface area contributed by atoms with Crippen LogP contribution in [-0.4, -0.2) is 34.6 Å². The van der Waals surface area contributed by atoms with Gasteiger partial charge in [-0.1, -0.05) is 19.3 Å². The van der Waals surface area contributed by atoms with E-state index in [1.54, 1.807) is 6.20 Å². The van der Waals surface area contributed by atoms with Crippen LogP contribution in [0.3, 0.4) is 0 Å². The van der Waals surface area contributed by atoms with Crippen LogP contribution >= 0.6 is 0 Å². The van der Waals surface area contributed by atoms with Crippen LogP contribution in [-0.2, 0) is 0 Å². The van der Waals surface area contributed by atoms with Gasteiger partial charge in [0.15, 0.2) is 0 Å². The van der Waals surface area contributed by atoms with Gasteiger partial charge in [0.25, 0.3) is 0 Å². The molecule has 1 aromatic rings.